The number of benzene rings is 1. The van der Waals surface area contributed by atoms with Gasteiger partial charge in [0.1, 0.15) is 0 Å². The lowest BCUT2D eigenvalue weighted by Crippen LogP contribution is -2.16. The van der Waals surface area contributed by atoms with Crippen molar-refractivity contribution in [1.82, 2.24) is 0 Å². The highest BCUT2D eigenvalue weighted by molar-refractivity contribution is 5.58. The van der Waals surface area contributed by atoms with Crippen LogP contribution in [-0.2, 0) is 19.3 Å². The van der Waals surface area contributed by atoms with E-state index < -0.39 is 0 Å². The molecule has 0 heteroatoms. The molecule has 3 rings (SSSR count). The van der Waals surface area contributed by atoms with Gasteiger partial charge in [-0.3, -0.25) is 0 Å². The third kappa shape index (κ3) is 1.06. The predicted molar refractivity (Wildman–Crippen MR) is 69.2 cm³/mol. The molecule has 0 fully saturated rings. The van der Waals surface area contributed by atoms with E-state index in [-0.39, 0.29) is 0 Å². The Hall–Kier alpha value is -0.780. The van der Waals surface area contributed by atoms with E-state index in [0.717, 1.165) is 5.92 Å². The van der Waals surface area contributed by atoms with Crippen LogP contribution in [0.25, 0.3) is 0 Å². The fourth-order valence-corrected chi connectivity index (χ4v) is 3.79. The van der Waals surface area contributed by atoms with Crippen LogP contribution in [0.1, 0.15) is 60.1 Å². The Bertz CT molecular complexity index is 478. The van der Waals surface area contributed by atoms with E-state index in [9.17, 15) is 0 Å². The van der Waals surface area contributed by atoms with E-state index in [1.54, 1.807) is 33.4 Å². The molecule has 0 saturated heterocycles. The molecule has 1 unspecified atom stereocenters. The molecule has 0 nitrogen and oxygen atoms in total. The molecule has 1 aromatic carbocycles. The van der Waals surface area contributed by atoms with Crippen molar-refractivity contribution in [2.75, 3.05) is 0 Å². The van der Waals surface area contributed by atoms with Gasteiger partial charge in [-0.2, -0.15) is 0 Å². The molecule has 0 aromatic heterocycles. The first-order valence-corrected chi connectivity index (χ1v) is 6.57. The number of hydrogen-bond acceptors (Lipinski definition) is 0. The predicted octanol–water partition coefficient (Wildman–Crippen LogP) is 4.09. The van der Waals surface area contributed by atoms with Crippen LogP contribution < -0.4 is 0 Å². The van der Waals surface area contributed by atoms with Gasteiger partial charge < -0.3 is 0 Å². The average molecular weight is 214 g/mol. The third-order valence-corrected chi connectivity index (χ3v) is 5.31. The normalized spacial score (nSPS) is 24.9. The molecule has 0 heterocycles. The summed E-state index contributed by atoms with van der Waals surface area (Å²) in [4.78, 5) is 0. The zero-order valence-corrected chi connectivity index (χ0v) is 11.2. The van der Waals surface area contributed by atoms with Gasteiger partial charge in [0.15, 0.2) is 0 Å². The largest absolute Gasteiger partial charge is 0.0590 e. The fourth-order valence-electron chi connectivity index (χ4n) is 3.79. The van der Waals surface area contributed by atoms with Crippen LogP contribution in [0.4, 0.5) is 0 Å². The fraction of sp³-hybridized carbons (Fsp3) is 0.625. The Morgan fingerprint density at radius 2 is 1.50 bits per heavy atom. The van der Waals surface area contributed by atoms with Crippen molar-refractivity contribution >= 4 is 0 Å². The molecule has 86 valence electrons. The summed E-state index contributed by atoms with van der Waals surface area (Å²) in [6.07, 6.45) is 3.93. The van der Waals surface area contributed by atoms with Gasteiger partial charge in [0.05, 0.1) is 0 Å². The molecule has 2 aliphatic carbocycles. The SMILES string of the molecule is Cc1c2c(c(C)c3c1CC(C)(C)C3C)CC2. The second-order valence-corrected chi connectivity index (χ2v) is 6.49. The van der Waals surface area contributed by atoms with Crippen molar-refractivity contribution in [2.45, 2.75) is 59.8 Å². The van der Waals surface area contributed by atoms with Gasteiger partial charge in [0, 0.05) is 0 Å². The number of fused-ring (bicyclic) bond motifs is 2. The minimum atomic E-state index is 0.456. The second-order valence-electron chi connectivity index (χ2n) is 6.49. The summed E-state index contributed by atoms with van der Waals surface area (Å²) < 4.78 is 0. The number of hydrogen-bond donors (Lipinski definition) is 0. The van der Waals surface area contributed by atoms with Gasteiger partial charge in [-0.1, -0.05) is 20.8 Å². The highest BCUT2D eigenvalue weighted by Gasteiger charge is 2.40. The van der Waals surface area contributed by atoms with Gasteiger partial charge in [-0.25, -0.2) is 0 Å². The summed E-state index contributed by atoms with van der Waals surface area (Å²) in [5.74, 6) is 0.729. The molecular formula is C16H22. The second kappa shape index (κ2) is 2.91. The van der Waals surface area contributed by atoms with Gasteiger partial charge in [0.25, 0.3) is 0 Å². The lowest BCUT2D eigenvalue weighted by atomic mass is 9.76. The van der Waals surface area contributed by atoms with Gasteiger partial charge in [-0.15, -0.1) is 0 Å². The Morgan fingerprint density at radius 3 is 2.06 bits per heavy atom. The van der Waals surface area contributed by atoms with Crippen LogP contribution >= 0.6 is 0 Å². The highest BCUT2D eigenvalue weighted by atomic mass is 14.4. The standard InChI is InChI=1S/C16H22/c1-9-12-6-7-13(12)10(2)15-11(3)16(4,5)8-14(9)15/h11H,6-8H2,1-5H3. The molecule has 0 amide bonds. The van der Waals surface area contributed by atoms with E-state index in [2.05, 4.69) is 34.6 Å². The van der Waals surface area contributed by atoms with Gasteiger partial charge in [-0.05, 0) is 77.8 Å². The Morgan fingerprint density at radius 1 is 0.938 bits per heavy atom. The molecule has 1 aromatic rings. The van der Waals surface area contributed by atoms with Gasteiger partial charge in [0.2, 0.25) is 0 Å². The van der Waals surface area contributed by atoms with Crippen LogP contribution in [0.3, 0.4) is 0 Å². The summed E-state index contributed by atoms with van der Waals surface area (Å²) >= 11 is 0. The molecule has 0 aliphatic heterocycles. The van der Waals surface area contributed by atoms with Crippen LogP contribution in [-0.4, -0.2) is 0 Å². The summed E-state index contributed by atoms with van der Waals surface area (Å²) in [6.45, 7) is 12.0. The van der Waals surface area contributed by atoms with E-state index in [4.69, 9.17) is 0 Å². The van der Waals surface area contributed by atoms with Crippen molar-refractivity contribution in [3.8, 4) is 0 Å². The summed E-state index contributed by atoms with van der Waals surface area (Å²) in [7, 11) is 0. The number of rotatable bonds is 0. The molecule has 0 spiro atoms. The zero-order valence-electron chi connectivity index (χ0n) is 11.2. The van der Waals surface area contributed by atoms with Crippen molar-refractivity contribution in [1.29, 1.82) is 0 Å². The molecule has 16 heavy (non-hydrogen) atoms. The first-order valence-electron chi connectivity index (χ1n) is 6.57. The van der Waals surface area contributed by atoms with Crippen LogP contribution in [0.5, 0.6) is 0 Å². The monoisotopic (exact) mass is 214 g/mol. The van der Waals surface area contributed by atoms with E-state index in [0.29, 0.717) is 5.41 Å². The molecular weight excluding hydrogens is 192 g/mol. The van der Waals surface area contributed by atoms with Gasteiger partial charge >= 0.3 is 0 Å². The molecule has 0 bridgehead atoms. The lowest BCUT2D eigenvalue weighted by Gasteiger charge is -2.29. The highest BCUT2D eigenvalue weighted by Crippen LogP contribution is 2.51. The molecule has 1 atom stereocenters. The molecule has 0 N–H and O–H groups in total. The Kier molecular flexibility index (Phi) is 1.89. The van der Waals surface area contributed by atoms with E-state index >= 15 is 0 Å². The maximum atomic E-state index is 2.42. The maximum Gasteiger partial charge on any atom is -0.0130 e. The van der Waals surface area contributed by atoms with Crippen LogP contribution in [0.15, 0.2) is 0 Å². The summed E-state index contributed by atoms with van der Waals surface area (Å²) in [5, 5.41) is 0. The molecule has 0 radical (unpaired) electrons. The molecule has 2 aliphatic rings. The molecule has 0 saturated carbocycles. The van der Waals surface area contributed by atoms with Crippen LogP contribution in [0, 0.1) is 19.3 Å². The smallest absolute Gasteiger partial charge is 0.0130 e. The lowest BCUT2D eigenvalue weighted by molar-refractivity contribution is 0.329. The van der Waals surface area contributed by atoms with E-state index in [1.165, 1.54) is 19.3 Å². The van der Waals surface area contributed by atoms with Crippen LogP contribution in [0.2, 0.25) is 0 Å². The summed E-state index contributed by atoms with van der Waals surface area (Å²) in [6, 6.07) is 0. The maximum absolute atomic E-state index is 2.42. The average Bonchev–Trinajstić information content (AvgIpc) is 2.35. The minimum absolute atomic E-state index is 0.456. The Balaban J connectivity index is 2.30. The van der Waals surface area contributed by atoms with Crippen molar-refractivity contribution in [3.63, 3.8) is 0 Å². The van der Waals surface area contributed by atoms with Crippen molar-refractivity contribution < 1.29 is 0 Å². The van der Waals surface area contributed by atoms with Crippen molar-refractivity contribution in [3.05, 3.63) is 33.4 Å². The third-order valence-electron chi connectivity index (χ3n) is 5.31. The first kappa shape index (κ1) is 10.4. The summed E-state index contributed by atoms with van der Waals surface area (Å²) in [5.41, 5.74) is 10.5. The Labute approximate surface area is 99.1 Å². The first-order chi connectivity index (χ1) is 7.43. The van der Waals surface area contributed by atoms with Crippen molar-refractivity contribution in [2.24, 2.45) is 5.41 Å². The van der Waals surface area contributed by atoms with E-state index in [1.807, 2.05) is 0 Å². The zero-order chi connectivity index (χ0) is 11.7. The quantitative estimate of drug-likeness (QED) is 0.610. The topological polar surface area (TPSA) is 0 Å². The minimum Gasteiger partial charge on any atom is -0.0590 e.